The van der Waals surface area contributed by atoms with Gasteiger partial charge in [0, 0.05) is 29.1 Å². The summed E-state index contributed by atoms with van der Waals surface area (Å²) in [7, 11) is -4.08. The first-order valence-electron chi connectivity index (χ1n) is 9.93. The van der Waals surface area contributed by atoms with E-state index >= 15 is 0 Å². The van der Waals surface area contributed by atoms with Crippen LogP contribution in [0.25, 0.3) is 0 Å². The highest BCUT2D eigenvalue weighted by atomic mass is 35.5. The zero-order chi connectivity index (χ0) is 22.9. The predicted octanol–water partition coefficient (Wildman–Crippen LogP) is 5.85. The zero-order valence-corrected chi connectivity index (χ0v) is 19.2. The lowest BCUT2D eigenvalue weighted by molar-refractivity contribution is 0.0829. The minimum Gasteiger partial charge on any atom is -0.250 e. The summed E-state index contributed by atoms with van der Waals surface area (Å²) < 4.78 is 56.2. The molecule has 3 aromatic rings. The van der Waals surface area contributed by atoms with Crippen molar-refractivity contribution in [3.8, 4) is 0 Å². The summed E-state index contributed by atoms with van der Waals surface area (Å²) >= 11 is 12.0. The highest BCUT2D eigenvalue weighted by molar-refractivity contribution is 7.89. The van der Waals surface area contributed by atoms with Gasteiger partial charge in [0.15, 0.2) is 0 Å². The van der Waals surface area contributed by atoms with Gasteiger partial charge in [0.25, 0.3) is 10.0 Å². The monoisotopic (exact) mass is 496 g/mol. The fourth-order valence-corrected chi connectivity index (χ4v) is 6.05. The van der Waals surface area contributed by atoms with E-state index in [2.05, 4.69) is 0 Å². The molecule has 0 spiro atoms. The molecule has 1 aliphatic rings. The Morgan fingerprint density at radius 1 is 0.906 bits per heavy atom. The molecular weight excluding hydrogens is 477 g/mol. The number of hydrazine groups is 1. The first-order chi connectivity index (χ1) is 15.3. The van der Waals surface area contributed by atoms with Crippen molar-refractivity contribution in [3.05, 3.63) is 99.8 Å². The average molecular weight is 497 g/mol. The lowest BCUT2D eigenvalue weighted by Gasteiger charge is -2.32. The SMILES string of the molecule is O=S(=O)(c1ccc(Cl)cc1)N1C(c2ccc(Cl)cc2)C(c2cccc(F)c2)CN1CCF. The van der Waals surface area contributed by atoms with Crippen LogP contribution in [-0.2, 0) is 10.0 Å². The van der Waals surface area contributed by atoms with Crippen molar-refractivity contribution < 1.29 is 17.2 Å². The highest BCUT2D eigenvalue weighted by Gasteiger charge is 2.48. The average Bonchev–Trinajstić information content (AvgIpc) is 3.15. The number of hydrogen-bond donors (Lipinski definition) is 0. The lowest BCUT2D eigenvalue weighted by Crippen LogP contribution is -2.43. The van der Waals surface area contributed by atoms with Crippen LogP contribution in [0.2, 0.25) is 10.0 Å². The third-order valence-electron chi connectivity index (χ3n) is 5.49. The molecule has 4 rings (SSSR count). The first-order valence-corrected chi connectivity index (χ1v) is 12.1. The maximum absolute atomic E-state index is 14.0. The van der Waals surface area contributed by atoms with Crippen LogP contribution in [0.4, 0.5) is 8.78 Å². The fourth-order valence-electron chi connectivity index (χ4n) is 4.09. The van der Waals surface area contributed by atoms with E-state index < -0.39 is 34.5 Å². The van der Waals surface area contributed by atoms with Gasteiger partial charge in [-0.2, -0.15) is 0 Å². The number of benzene rings is 3. The van der Waals surface area contributed by atoms with Gasteiger partial charge < -0.3 is 0 Å². The molecule has 0 aromatic heterocycles. The van der Waals surface area contributed by atoms with Crippen LogP contribution >= 0.6 is 23.2 Å². The summed E-state index contributed by atoms with van der Waals surface area (Å²) in [4.78, 5) is 0.0320. The van der Waals surface area contributed by atoms with Crippen LogP contribution in [0, 0.1) is 5.82 Å². The van der Waals surface area contributed by atoms with Crippen molar-refractivity contribution in [3.63, 3.8) is 0 Å². The number of alkyl halides is 1. The van der Waals surface area contributed by atoms with Gasteiger partial charge in [-0.05, 0) is 59.7 Å². The summed E-state index contributed by atoms with van der Waals surface area (Å²) in [6.07, 6.45) is 0. The molecule has 168 valence electrons. The molecule has 0 amide bonds. The zero-order valence-electron chi connectivity index (χ0n) is 16.8. The van der Waals surface area contributed by atoms with E-state index in [9.17, 15) is 17.2 Å². The topological polar surface area (TPSA) is 40.6 Å². The third-order valence-corrected chi connectivity index (χ3v) is 7.82. The van der Waals surface area contributed by atoms with E-state index in [0.717, 1.165) is 0 Å². The van der Waals surface area contributed by atoms with Gasteiger partial charge in [-0.15, -0.1) is 4.41 Å². The smallest absolute Gasteiger partial charge is 0.250 e. The van der Waals surface area contributed by atoms with Gasteiger partial charge in [-0.1, -0.05) is 47.5 Å². The van der Waals surface area contributed by atoms with Crippen molar-refractivity contribution in [1.82, 2.24) is 9.42 Å². The number of halogens is 4. The van der Waals surface area contributed by atoms with E-state index in [4.69, 9.17) is 23.2 Å². The second-order valence-electron chi connectivity index (χ2n) is 7.49. The molecule has 0 bridgehead atoms. The second-order valence-corrected chi connectivity index (χ2v) is 10.2. The molecule has 2 unspecified atom stereocenters. The molecule has 1 saturated heterocycles. The van der Waals surface area contributed by atoms with Crippen LogP contribution in [0.1, 0.15) is 23.1 Å². The van der Waals surface area contributed by atoms with Crippen LogP contribution in [0.3, 0.4) is 0 Å². The molecule has 4 nitrogen and oxygen atoms in total. The molecule has 1 fully saturated rings. The summed E-state index contributed by atoms with van der Waals surface area (Å²) in [5.41, 5.74) is 1.30. The highest BCUT2D eigenvalue weighted by Crippen LogP contribution is 2.46. The number of sulfonamides is 1. The summed E-state index contributed by atoms with van der Waals surface area (Å²) in [6, 6.07) is 18.0. The van der Waals surface area contributed by atoms with Crippen LogP contribution < -0.4 is 0 Å². The molecule has 32 heavy (non-hydrogen) atoms. The predicted molar refractivity (Wildman–Crippen MR) is 121 cm³/mol. The van der Waals surface area contributed by atoms with Crippen molar-refractivity contribution >= 4 is 33.2 Å². The van der Waals surface area contributed by atoms with Gasteiger partial charge in [0.05, 0.1) is 10.9 Å². The Hall–Kier alpha value is -2.03. The Morgan fingerprint density at radius 2 is 1.53 bits per heavy atom. The number of nitrogens with zero attached hydrogens (tertiary/aromatic N) is 2. The molecule has 3 aromatic carbocycles. The van der Waals surface area contributed by atoms with Crippen molar-refractivity contribution in [2.75, 3.05) is 19.8 Å². The fraction of sp³-hybridized carbons (Fsp3) is 0.217. The van der Waals surface area contributed by atoms with Gasteiger partial charge in [0.1, 0.15) is 12.5 Å². The van der Waals surface area contributed by atoms with E-state index in [1.54, 1.807) is 36.4 Å². The molecular formula is C23H20Cl2F2N2O2S. The first kappa shape index (κ1) is 23.1. The maximum Gasteiger partial charge on any atom is 0.256 e. The Morgan fingerprint density at radius 3 is 2.12 bits per heavy atom. The third kappa shape index (κ3) is 4.54. The minimum absolute atomic E-state index is 0.0320. The van der Waals surface area contributed by atoms with Gasteiger partial charge in [-0.25, -0.2) is 22.2 Å². The normalized spacial score (nSPS) is 20.0. The molecule has 0 radical (unpaired) electrons. The van der Waals surface area contributed by atoms with E-state index in [1.165, 1.54) is 45.8 Å². The van der Waals surface area contributed by atoms with Crippen molar-refractivity contribution in [2.45, 2.75) is 16.9 Å². The molecule has 0 N–H and O–H groups in total. The van der Waals surface area contributed by atoms with Gasteiger partial charge in [0.2, 0.25) is 0 Å². The molecule has 9 heteroatoms. The minimum atomic E-state index is -4.08. The van der Waals surface area contributed by atoms with Crippen molar-refractivity contribution in [1.29, 1.82) is 0 Å². The molecule has 0 aliphatic carbocycles. The summed E-state index contributed by atoms with van der Waals surface area (Å²) in [5, 5.41) is 2.37. The van der Waals surface area contributed by atoms with Crippen molar-refractivity contribution in [2.24, 2.45) is 0 Å². The Kier molecular flexibility index (Phi) is 6.83. The molecule has 2 atom stereocenters. The Balaban J connectivity index is 1.88. The molecule has 1 heterocycles. The standard InChI is InChI=1S/C23H20Cl2F2N2O2S/c24-18-6-4-16(5-7-18)23-22(17-2-1-3-20(27)14-17)15-28(13-12-26)29(23)32(30,31)21-10-8-19(25)9-11-21/h1-11,14,22-23H,12-13,15H2. The van der Waals surface area contributed by atoms with Crippen LogP contribution in [0.15, 0.2) is 77.7 Å². The second kappa shape index (κ2) is 9.45. The maximum atomic E-state index is 14.0. The Bertz CT molecular complexity index is 1190. The van der Waals surface area contributed by atoms with E-state index in [0.29, 0.717) is 21.2 Å². The Labute approximate surface area is 196 Å². The largest absolute Gasteiger partial charge is 0.256 e. The van der Waals surface area contributed by atoms with Crippen LogP contribution in [-0.4, -0.2) is 37.6 Å². The molecule has 0 saturated carbocycles. The number of hydrogen-bond acceptors (Lipinski definition) is 3. The molecule has 1 aliphatic heterocycles. The van der Waals surface area contributed by atoms with E-state index in [1.807, 2.05) is 0 Å². The van der Waals surface area contributed by atoms with Crippen LogP contribution in [0.5, 0.6) is 0 Å². The quantitative estimate of drug-likeness (QED) is 0.429. The summed E-state index contributed by atoms with van der Waals surface area (Å²) in [5.74, 6) is -0.853. The van der Waals surface area contributed by atoms with E-state index in [-0.39, 0.29) is 18.0 Å². The van der Waals surface area contributed by atoms with Gasteiger partial charge >= 0.3 is 0 Å². The lowest BCUT2D eigenvalue weighted by atomic mass is 9.88. The van der Waals surface area contributed by atoms with Gasteiger partial charge in [-0.3, -0.25) is 0 Å². The summed E-state index contributed by atoms with van der Waals surface area (Å²) in [6.45, 7) is -0.661. The number of rotatable bonds is 6.